The van der Waals surface area contributed by atoms with Crippen molar-refractivity contribution in [2.45, 2.75) is 110 Å². The molecule has 0 aromatic heterocycles. The lowest BCUT2D eigenvalue weighted by Crippen LogP contribution is -2.33. The van der Waals surface area contributed by atoms with E-state index in [1.165, 1.54) is 83.5 Å². The number of rotatable bonds is 22. The predicted molar refractivity (Wildman–Crippen MR) is 116 cm³/mol. The lowest BCUT2D eigenvalue weighted by molar-refractivity contribution is -0.149. The van der Waals surface area contributed by atoms with E-state index >= 15 is 0 Å². The molecule has 0 aliphatic carbocycles. The molecule has 5 heteroatoms. The molecular weight excluding hydrogens is 354 g/mol. The number of aliphatic hydroxyl groups excluding tert-OH is 2. The van der Waals surface area contributed by atoms with Crippen LogP contribution in [0.3, 0.4) is 0 Å². The Balaban J connectivity index is 3.29. The molecule has 0 spiro atoms. The maximum atomic E-state index is 11.7. The summed E-state index contributed by atoms with van der Waals surface area (Å²) in [5, 5.41) is 17.8. The van der Waals surface area contributed by atoms with Gasteiger partial charge in [-0.2, -0.15) is 0 Å². The summed E-state index contributed by atoms with van der Waals surface area (Å²) in [6, 6.07) is 0. The molecular formula is C23H47NO4. The van der Waals surface area contributed by atoms with Crippen LogP contribution in [0.5, 0.6) is 0 Å². The Morgan fingerprint density at radius 1 is 0.679 bits per heavy atom. The molecule has 0 atom stereocenters. The maximum absolute atomic E-state index is 11.7. The number of esters is 1. The molecule has 2 N–H and O–H groups in total. The Bertz CT molecular complexity index is 320. The van der Waals surface area contributed by atoms with E-state index in [1.54, 1.807) is 4.90 Å². The number of ether oxygens (including phenoxy) is 1. The van der Waals surface area contributed by atoms with Gasteiger partial charge in [0.25, 0.3) is 0 Å². The lowest BCUT2D eigenvalue weighted by atomic mass is 10.0. The first-order valence-corrected chi connectivity index (χ1v) is 11.8. The van der Waals surface area contributed by atoms with E-state index in [0.717, 1.165) is 12.8 Å². The van der Waals surface area contributed by atoms with Crippen LogP contribution < -0.4 is 0 Å². The second-order valence-electron chi connectivity index (χ2n) is 7.91. The van der Waals surface area contributed by atoms with E-state index in [1.807, 2.05) is 0 Å². The highest BCUT2D eigenvalue weighted by Crippen LogP contribution is 2.13. The highest BCUT2D eigenvalue weighted by atomic mass is 16.5. The fourth-order valence-electron chi connectivity index (χ4n) is 3.40. The van der Waals surface area contributed by atoms with Crippen molar-refractivity contribution in [1.82, 2.24) is 4.90 Å². The number of hydrogen-bond donors (Lipinski definition) is 2. The molecule has 0 radical (unpaired) electrons. The summed E-state index contributed by atoms with van der Waals surface area (Å²) in [5.74, 6) is -0.185. The number of aliphatic hydroxyl groups is 2. The molecule has 0 aromatic carbocycles. The van der Waals surface area contributed by atoms with Crippen molar-refractivity contribution in [1.29, 1.82) is 0 Å². The van der Waals surface area contributed by atoms with Crippen molar-refractivity contribution < 1.29 is 19.7 Å². The zero-order chi connectivity index (χ0) is 20.7. The van der Waals surface area contributed by atoms with Crippen molar-refractivity contribution in [3.63, 3.8) is 0 Å². The normalized spacial score (nSPS) is 11.3. The van der Waals surface area contributed by atoms with E-state index in [-0.39, 0.29) is 25.9 Å². The molecule has 0 aromatic rings. The number of carbonyl (C=O) groups excluding carboxylic acids is 1. The summed E-state index contributed by atoms with van der Waals surface area (Å²) in [5.41, 5.74) is 0. The van der Waals surface area contributed by atoms with Crippen molar-refractivity contribution in [3.8, 4) is 0 Å². The van der Waals surface area contributed by atoms with Crippen LogP contribution in [0.4, 0.5) is 0 Å². The third-order valence-corrected chi connectivity index (χ3v) is 5.23. The van der Waals surface area contributed by atoms with Gasteiger partial charge in [-0.25, -0.2) is 0 Å². The largest absolute Gasteiger partial charge is 0.449 e. The number of nitrogens with zero attached hydrogens (tertiary/aromatic N) is 1. The average Bonchev–Trinajstić information content (AvgIpc) is 2.69. The smallest absolute Gasteiger partial charge is 0.307 e. The summed E-state index contributed by atoms with van der Waals surface area (Å²) in [7, 11) is 0. The van der Waals surface area contributed by atoms with Gasteiger partial charge >= 0.3 is 5.97 Å². The molecule has 28 heavy (non-hydrogen) atoms. The Hall–Kier alpha value is -0.650. The van der Waals surface area contributed by atoms with Crippen LogP contribution in [0.25, 0.3) is 0 Å². The van der Waals surface area contributed by atoms with E-state index < -0.39 is 0 Å². The van der Waals surface area contributed by atoms with Crippen molar-refractivity contribution in [2.24, 2.45) is 0 Å². The monoisotopic (exact) mass is 401 g/mol. The predicted octanol–water partition coefficient (Wildman–Crippen LogP) is 5.04. The Labute approximate surface area is 173 Å². The molecule has 5 nitrogen and oxygen atoms in total. The Kier molecular flexibility index (Phi) is 22.1. The standard InChI is InChI=1S/C23H47NO4/c1-2-3-4-5-6-7-8-9-10-11-12-13-14-15-16-17-23(27)28-22-24(18-20-25)19-21-26/h25-26H,2-22H2,1H3. The first-order valence-electron chi connectivity index (χ1n) is 11.8. The number of hydrogen-bond acceptors (Lipinski definition) is 5. The van der Waals surface area contributed by atoms with Gasteiger partial charge in [0.15, 0.2) is 0 Å². The van der Waals surface area contributed by atoms with Crippen molar-refractivity contribution in [3.05, 3.63) is 0 Å². The zero-order valence-corrected chi connectivity index (χ0v) is 18.5. The van der Waals surface area contributed by atoms with Crippen LogP contribution in [0, 0.1) is 0 Å². The van der Waals surface area contributed by atoms with Gasteiger partial charge in [0.1, 0.15) is 6.73 Å². The fourth-order valence-corrected chi connectivity index (χ4v) is 3.40. The third-order valence-electron chi connectivity index (χ3n) is 5.23. The Morgan fingerprint density at radius 2 is 1.07 bits per heavy atom. The minimum atomic E-state index is -0.185. The van der Waals surface area contributed by atoms with Crippen LogP contribution in [0.2, 0.25) is 0 Å². The van der Waals surface area contributed by atoms with Gasteiger partial charge in [-0.15, -0.1) is 0 Å². The first-order chi connectivity index (χ1) is 13.7. The molecule has 0 fully saturated rings. The van der Waals surface area contributed by atoms with Crippen molar-refractivity contribution >= 4 is 5.97 Å². The summed E-state index contributed by atoms with van der Waals surface area (Å²) >= 11 is 0. The van der Waals surface area contributed by atoms with Crippen LogP contribution in [-0.2, 0) is 9.53 Å². The molecule has 0 rings (SSSR count). The molecule has 0 bridgehead atoms. The van der Waals surface area contributed by atoms with Crippen LogP contribution in [0.15, 0.2) is 0 Å². The van der Waals surface area contributed by atoms with E-state index in [2.05, 4.69) is 6.92 Å². The van der Waals surface area contributed by atoms with E-state index in [0.29, 0.717) is 19.5 Å². The first kappa shape index (κ1) is 27.4. The average molecular weight is 402 g/mol. The second kappa shape index (κ2) is 22.6. The number of unbranched alkanes of at least 4 members (excludes halogenated alkanes) is 14. The minimum absolute atomic E-state index is 0.00338. The summed E-state index contributed by atoms with van der Waals surface area (Å²) in [6.45, 7) is 3.23. The highest BCUT2D eigenvalue weighted by molar-refractivity contribution is 5.69. The quantitative estimate of drug-likeness (QED) is 0.151. The molecule has 168 valence electrons. The van der Waals surface area contributed by atoms with E-state index in [4.69, 9.17) is 14.9 Å². The number of carbonyl (C=O) groups is 1. The molecule has 0 aliphatic rings. The van der Waals surface area contributed by atoms with Gasteiger partial charge in [0, 0.05) is 19.5 Å². The van der Waals surface area contributed by atoms with Gasteiger partial charge in [-0.3, -0.25) is 9.69 Å². The molecule has 0 saturated carbocycles. The van der Waals surface area contributed by atoms with Gasteiger partial charge < -0.3 is 14.9 Å². The van der Waals surface area contributed by atoms with Crippen LogP contribution in [-0.4, -0.2) is 54.1 Å². The van der Waals surface area contributed by atoms with Gasteiger partial charge in [0.2, 0.25) is 0 Å². The molecule has 0 amide bonds. The third kappa shape index (κ3) is 20.1. The van der Waals surface area contributed by atoms with Crippen LogP contribution >= 0.6 is 0 Å². The summed E-state index contributed by atoms with van der Waals surface area (Å²) in [4.78, 5) is 13.4. The van der Waals surface area contributed by atoms with Gasteiger partial charge in [-0.1, -0.05) is 96.8 Å². The molecule has 0 heterocycles. The maximum Gasteiger partial charge on any atom is 0.307 e. The zero-order valence-electron chi connectivity index (χ0n) is 18.5. The minimum Gasteiger partial charge on any atom is -0.449 e. The molecule has 0 saturated heterocycles. The topological polar surface area (TPSA) is 70.0 Å². The van der Waals surface area contributed by atoms with Crippen LogP contribution in [0.1, 0.15) is 110 Å². The van der Waals surface area contributed by atoms with Crippen molar-refractivity contribution in [2.75, 3.05) is 33.0 Å². The highest BCUT2D eigenvalue weighted by Gasteiger charge is 2.07. The molecule has 0 aliphatic heterocycles. The lowest BCUT2D eigenvalue weighted by Gasteiger charge is -2.19. The Morgan fingerprint density at radius 3 is 1.46 bits per heavy atom. The SMILES string of the molecule is CCCCCCCCCCCCCCCCCC(=O)OCN(CCO)CCO. The second-order valence-corrected chi connectivity index (χ2v) is 7.91. The fraction of sp³-hybridized carbons (Fsp3) is 0.957. The van der Waals surface area contributed by atoms with Gasteiger partial charge in [-0.05, 0) is 6.42 Å². The van der Waals surface area contributed by atoms with Gasteiger partial charge in [0.05, 0.1) is 13.2 Å². The summed E-state index contributed by atoms with van der Waals surface area (Å²) in [6.07, 6.45) is 20.1. The van der Waals surface area contributed by atoms with E-state index in [9.17, 15) is 4.79 Å². The summed E-state index contributed by atoms with van der Waals surface area (Å²) < 4.78 is 5.19. The molecule has 0 unspecified atom stereocenters.